The molecule has 10 heteroatoms. The number of nitrogens with one attached hydrogen (secondary N) is 2. The largest absolute Gasteiger partial charge is 0.326 e. The highest BCUT2D eigenvalue weighted by atomic mass is 35.5. The average Bonchev–Trinajstić information content (AvgIpc) is 2.71. The van der Waals surface area contributed by atoms with Crippen molar-refractivity contribution in [2.75, 3.05) is 10.0 Å². The van der Waals surface area contributed by atoms with Crippen molar-refractivity contribution in [1.82, 2.24) is 0 Å². The fourth-order valence-corrected chi connectivity index (χ4v) is 4.03. The van der Waals surface area contributed by atoms with Gasteiger partial charge in [-0.2, -0.15) is 0 Å². The summed E-state index contributed by atoms with van der Waals surface area (Å²) >= 11 is 6.03. The van der Waals surface area contributed by atoms with Gasteiger partial charge in [-0.15, -0.1) is 0 Å². The van der Waals surface area contributed by atoms with Gasteiger partial charge in [-0.1, -0.05) is 35.9 Å². The van der Waals surface area contributed by atoms with E-state index in [4.69, 9.17) is 11.6 Å². The smallest absolute Gasteiger partial charge is 0.273 e. The second-order valence-electron chi connectivity index (χ2n) is 6.70. The number of para-hydroxylation sites is 1. The first kappa shape index (κ1) is 22.3. The molecular weight excluding hydrogens is 442 g/mol. The molecule has 3 rings (SSSR count). The lowest BCUT2D eigenvalue weighted by Crippen LogP contribution is -2.16. The van der Waals surface area contributed by atoms with Crippen LogP contribution in [0.2, 0.25) is 5.02 Å². The molecule has 0 aromatic heterocycles. The van der Waals surface area contributed by atoms with E-state index in [0.29, 0.717) is 16.4 Å². The van der Waals surface area contributed by atoms with Gasteiger partial charge >= 0.3 is 0 Å². The van der Waals surface area contributed by atoms with Crippen molar-refractivity contribution in [1.29, 1.82) is 0 Å². The Morgan fingerprint density at radius 1 is 1.03 bits per heavy atom. The number of hydrogen-bond donors (Lipinski definition) is 2. The first-order chi connectivity index (χ1) is 14.7. The van der Waals surface area contributed by atoms with Crippen molar-refractivity contribution >= 4 is 44.6 Å². The van der Waals surface area contributed by atoms with Crippen molar-refractivity contribution in [2.45, 2.75) is 18.2 Å². The third kappa shape index (κ3) is 5.59. The molecule has 0 aliphatic rings. The van der Waals surface area contributed by atoms with Crippen LogP contribution in [0.25, 0.3) is 0 Å². The van der Waals surface area contributed by atoms with Crippen LogP contribution >= 0.6 is 11.6 Å². The number of benzene rings is 3. The van der Waals surface area contributed by atoms with E-state index >= 15 is 0 Å². The Balaban J connectivity index is 1.69. The molecule has 0 radical (unpaired) electrons. The standard InChI is InChI=1S/C21H18ClN3O5S/c1-14-6-7-17(13-19(14)22)24-31(29,30)18-10-8-16(9-11-18)23-21(26)12-15-4-2-3-5-20(15)25(27)28/h2-11,13,24H,12H2,1H3,(H,23,26). The summed E-state index contributed by atoms with van der Waals surface area (Å²) in [5.41, 5.74) is 1.66. The van der Waals surface area contributed by atoms with E-state index in [-0.39, 0.29) is 22.6 Å². The van der Waals surface area contributed by atoms with Crippen LogP contribution in [0, 0.1) is 17.0 Å². The highest BCUT2D eigenvalue weighted by Gasteiger charge is 2.17. The maximum atomic E-state index is 12.6. The number of halogens is 1. The zero-order valence-electron chi connectivity index (χ0n) is 16.3. The Hall–Kier alpha value is -3.43. The van der Waals surface area contributed by atoms with E-state index in [0.717, 1.165) is 5.56 Å². The van der Waals surface area contributed by atoms with E-state index in [1.165, 1.54) is 48.5 Å². The fourth-order valence-electron chi connectivity index (χ4n) is 2.80. The van der Waals surface area contributed by atoms with Crippen molar-refractivity contribution in [3.63, 3.8) is 0 Å². The molecule has 2 N–H and O–H groups in total. The molecular formula is C21H18ClN3O5S. The number of nitrogens with zero attached hydrogens (tertiary/aromatic N) is 1. The Morgan fingerprint density at radius 3 is 2.32 bits per heavy atom. The predicted octanol–water partition coefficient (Wildman–Crippen LogP) is 4.54. The molecule has 0 aliphatic carbocycles. The van der Waals surface area contributed by atoms with Crippen LogP contribution in [0.3, 0.4) is 0 Å². The van der Waals surface area contributed by atoms with Gasteiger partial charge in [-0.05, 0) is 48.9 Å². The molecule has 160 valence electrons. The lowest BCUT2D eigenvalue weighted by atomic mass is 10.1. The quantitative estimate of drug-likeness (QED) is 0.397. The second kappa shape index (κ2) is 9.15. The van der Waals surface area contributed by atoms with E-state index in [2.05, 4.69) is 10.0 Å². The summed E-state index contributed by atoms with van der Waals surface area (Å²) < 4.78 is 27.6. The minimum Gasteiger partial charge on any atom is -0.326 e. The zero-order valence-corrected chi connectivity index (χ0v) is 17.9. The molecule has 31 heavy (non-hydrogen) atoms. The van der Waals surface area contributed by atoms with Crippen molar-refractivity contribution in [3.8, 4) is 0 Å². The zero-order chi connectivity index (χ0) is 22.6. The highest BCUT2D eigenvalue weighted by Crippen LogP contribution is 2.24. The number of amides is 1. The Bertz CT molecular complexity index is 1240. The molecule has 0 atom stereocenters. The van der Waals surface area contributed by atoms with Gasteiger partial charge in [-0.25, -0.2) is 8.42 Å². The van der Waals surface area contributed by atoms with Crippen LogP contribution in [-0.4, -0.2) is 19.2 Å². The molecule has 0 heterocycles. The van der Waals surface area contributed by atoms with Crippen LogP contribution in [0.4, 0.5) is 17.1 Å². The molecule has 1 amide bonds. The minimum atomic E-state index is -3.85. The third-order valence-corrected chi connectivity index (χ3v) is 6.22. The summed E-state index contributed by atoms with van der Waals surface area (Å²) in [6.07, 6.45) is -0.188. The van der Waals surface area contributed by atoms with Crippen LogP contribution in [0.1, 0.15) is 11.1 Å². The molecule has 0 unspecified atom stereocenters. The predicted molar refractivity (Wildman–Crippen MR) is 119 cm³/mol. The molecule has 0 spiro atoms. The summed E-state index contributed by atoms with van der Waals surface area (Å²) in [6, 6.07) is 16.4. The summed E-state index contributed by atoms with van der Waals surface area (Å²) in [4.78, 5) is 22.8. The number of rotatable bonds is 7. The van der Waals surface area contributed by atoms with Crippen molar-refractivity contribution in [3.05, 3.63) is 93.0 Å². The molecule has 3 aromatic carbocycles. The van der Waals surface area contributed by atoms with E-state index < -0.39 is 20.9 Å². The molecule has 0 saturated heterocycles. The molecule has 0 bridgehead atoms. The van der Waals surface area contributed by atoms with Crippen molar-refractivity contribution in [2.24, 2.45) is 0 Å². The summed E-state index contributed by atoms with van der Waals surface area (Å²) in [7, 11) is -3.85. The number of anilines is 2. The van der Waals surface area contributed by atoms with Crippen LogP contribution in [-0.2, 0) is 21.2 Å². The number of sulfonamides is 1. The van der Waals surface area contributed by atoms with Gasteiger partial charge < -0.3 is 5.32 Å². The second-order valence-corrected chi connectivity index (χ2v) is 8.79. The first-order valence-corrected chi connectivity index (χ1v) is 10.9. The van der Waals surface area contributed by atoms with Gasteiger partial charge in [0.25, 0.3) is 15.7 Å². The van der Waals surface area contributed by atoms with Gasteiger partial charge in [0.1, 0.15) is 0 Å². The SMILES string of the molecule is Cc1ccc(NS(=O)(=O)c2ccc(NC(=O)Cc3ccccc3[N+](=O)[O-])cc2)cc1Cl. The van der Waals surface area contributed by atoms with E-state index in [1.54, 1.807) is 18.2 Å². The lowest BCUT2D eigenvalue weighted by Gasteiger charge is -2.10. The van der Waals surface area contributed by atoms with Gasteiger partial charge in [0.2, 0.25) is 5.91 Å². The number of carbonyl (C=O) groups excluding carboxylic acids is 1. The van der Waals surface area contributed by atoms with E-state index in [1.807, 2.05) is 6.92 Å². The topological polar surface area (TPSA) is 118 Å². The highest BCUT2D eigenvalue weighted by molar-refractivity contribution is 7.92. The molecule has 0 saturated carbocycles. The molecule has 0 fully saturated rings. The lowest BCUT2D eigenvalue weighted by molar-refractivity contribution is -0.385. The van der Waals surface area contributed by atoms with Crippen LogP contribution < -0.4 is 10.0 Å². The van der Waals surface area contributed by atoms with Gasteiger partial charge in [0.05, 0.1) is 21.9 Å². The fraction of sp³-hybridized carbons (Fsp3) is 0.0952. The number of nitro groups is 1. The summed E-state index contributed by atoms with van der Waals surface area (Å²) in [6.45, 7) is 1.81. The summed E-state index contributed by atoms with van der Waals surface area (Å²) in [5, 5.41) is 14.1. The maximum absolute atomic E-state index is 12.6. The minimum absolute atomic E-state index is 0.000827. The van der Waals surface area contributed by atoms with Gasteiger partial charge in [0.15, 0.2) is 0 Å². The Morgan fingerprint density at radius 2 is 1.68 bits per heavy atom. The number of nitro benzene ring substituents is 1. The molecule has 0 aliphatic heterocycles. The third-order valence-electron chi connectivity index (χ3n) is 4.41. The summed E-state index contributed by atoms with van der Waals surface area (Å²) in [5.74, 6) is -0.461. The first-order valence-electron chi connectivity index (χ1n) is 9.07. The normalized spacial score (nSPS) is 11.0. The molecule has 3 aromatic rings. The Kier molecular flexibility index (Phi) is 6.57. The van der Waals surface area contributed by atoms with Crippen molar-refractivity contribution < 1.29 is 18.1 Å². The van der Waals surface area contributed by atoms with Crippen LogP contribution in [0.5, 0.6) is 0 Å². The average molecular weight is 460 g/mol. The maximum Gasteiger partial charge on any atom is 0.273 e. The van der Waals surface area contributed by atoms with E-state index in [9.17, 15) is 23.3 Å². The van der Waals surface area contributed by atoms with Gasteiger partial charge in [-0.3, -0.25) is 19.6 Å². The monoisotopic (exact) mass is 459 g/mol. The Labute approximate surface area is 184 Å². The number of hydrogen-bond acceptors (Lipinski definition) is 5. The van der Waals surface area contributed by atoms with Crippen LogP contribution in [0.15, 0.2) is 71.6 Å². The van der Waals surface area contributed by atoms with Gasteiger partial charge in [0, 0.05) is 22.3 Å². The molecule has 8 nitrogen and oxygen atoms in total. The number of aryl methyl sites for hydroxylation is 1. The number of carbonyl (C=O) groups is 1.